The summed E-state index contributed by atoms with van der Waals surface area (Å²) in [5, 5.41) is 18.1. The Bertz CT molecular complexity index is 639. The number of aliphatic hydroxyl groups excluding tert-OH is 1. The molecule has 1 fully saturated rings. The van der Waals surface area contributed by atoms with Crippen LogP contribution >= 0.6 is 0 Å². The Morgan fingerprint density at radius 3 is 2.87 bits per heavy atom. The molecular weight excluding hydrogens is 290 g/mol. The second-order valence-electron chi connectivity index (χ2n) is 6.57. The summed E-state index contributed by atoms with van der Waals surface area (Å²) >= 11 is 0. The molecule has 0 spiro atoms. The van der Waals surface area contributed by atoms with Crippen LogP contribution in [0, 0.1) is 12.8 Å². The zero-order valence-corrected chi connectivity index (χ0v) is 13.9. The zero-order chi connectivity index (χ0) is 16.2. The van der Waals surface area contributed by atoms with E-state index in [1.165, 1.54) is 11.1 Å². The van der Waals surface area contributed by atoms with Crippen LogP contribution in [-0.2, 0) is 13.0 Å². The number of aliphatic hydroxyl groups is 1. The van der Waals surface area contributed by atoms with Crippen LogP contribution in [0.3, 0.4) is 0 Å². The quantitative estimate of drug-likeness (QED) is 0.919. The van der Waals surface area contributed by atoms with Crippen LogP contribution in [-0.4, -0.2) is 39.4 Å². The molecule has 1 saturated heterocycles. The number of hydrogen-bond donors (Lipinski definition) is 1. The van der Waals surface area contributed by atoms with Crippen molar-refractivity contribution in [1.82, 2.24) is 15.1 Å². The molecule has 0 aliphatic carbocycles. The molecule has 124 valence electrons. The van der Waals surface area contributed by atoms with Gasteiger partial charge in [-0.1, -0.05) is 24.3 Å². The Morgan fingerprint density at radius 1 is 1.30 bits per heavy atom. The third-order valence-electron chi connectivity index (χ3n) is 4.69. The Hall–Kier alpha value is -1.72. The maximum absolute atomic E-state index is 9.78. The number of piperidine rings is 1. The minimum atomic E-state index is -0.253. The maximum Gasteiger partial charge on any atom is 0.230 e. The molecule has 0 saturated carbocycles. The van der Waals surface area contributed by atoms with Crippen LogP contribution < -0.4 is 0 Å². The molecule has 2 heterocycles. The van der Waals surface area contributed by atoms with Gasteiger partial charge in [-0.15, -0.1) is 10.2 Å². The Balaban J connectivity index is 1.60. The van der Waals surface area contributed by atoms with E-state index in [1.54, 1.807) is 0 Å². The number of nitrogens with zero attached hydrogens (tertiary/aromatic N) is 3. The smallest absolute Gasteiger partial charge is 0.230 e. The van der Waals surface area contributed by atoms with Gasteiger partial charge in [0, 0.05) is 6.54 Å². The van der Waals surface area contributed by atoms with Crippen LogP contribution in [0.2, 0.25) is 0 Å². The molecule has 2 aromatic rings. The van der Waals surface area contributed by atoms with Gasteiger partial charge in [0.15, 0.2) is 0 Å². The topological polar surface area (TPSA) is 62.4 Å². The lowest BCUT2D eigenvalue weighted by molar-refractivity contribution is 0.0563. The maximum atomic E-state index is 9.78. The van der Waals surface area contributed by atoms with Crippen molar-refractivity contribution in [3.05, 3.63) is 47.2 Å². The summed E-state index contributed by atoms with van der Waals surface area (Å²) in [7, 11) is 0. The average molecular weight is 315 g/mol. The average Bonchev–Trinajstić information content (AvgIpc) is 2.97. The van der Waals surface area contributed by atoms with E-state index in [0.29, 0.717) is 30.7 Å². The van der Waals surface area contributed by atoms with Crippen molar-refractivity contribution in [2.45, 2.75) is 45.8 Å². The highest BCUT2D eigenvalue weighted by atomic mass is 16.4. The van der Waals surface area contributed by atoms with E-state index in [1.807, 2.05) is 19.1 Å². The molecule has 0 amide bonds. The summed E-state index contributed by atoms with van der Waals surface area (Å²) in [5.74, 6) is 1.68. The van der Waals surface area contributed by atoms with Crippen molar-refractivity contribution in [2.24, 2.45) is 5.92 Å². The van der Waals surface area contributed by atoms with Gasteiger partial charge in [0.2, 0.25) is 11.8 Å². The van der Waals surface area contributed by atoms with E-state index in [2.05, 4.69) is 34.2 Å². The molecule has 2 unspecified atom stereocenters. The Kier molecular flexibility index (Phi) is 5.08. The molecule has 1 N–H and O–H groups in total. The largest absolute Gasteiger partial charge is 0.424 e. The Morgan fingerprint density at radius 2 is 2.09 bits per heavy atom. The summed E-state index contributed by atoms with van der Waals surface area (Å²) in [6.07, 6.45) is 2.63. The molecule has 0 radical (unpaired) electrons. The molecule has 0 bridgehead atoms. The summed E-state index contributed by atoms with van der Waals surface area (Å²) in [5.41, 5.74) is 2.46. The molecule has 5 nitrogen and oxygen atoms in total. The van der Waals surface area contributed by atoms with Gasteiger partial charge in [-0.25, -0.2) is 0 Å². The van der Waals surface area contributed by atoms with Crippen molar-refractivity contribution in [3.8, 4) is 0 Å². The predicted molar refractivity (Wildman–Crippen MR) is 88.0 cm³/mol. The molecule has 1 aliphatic rings. The molecule has 2 atom stereocenters. The first kappa shape index (κ1) is 16.1. The zero-order valence-electron chi connectivity index (χ0n) is 13.9. The fraction of sp³-hybridized carbons (Fsp3) is 0.556. The monoisotopic (exact) mass is 315 g/mol. The van der Waals surface area contributed by atoms with Crippen molar-refractivity contribution >= 4 is 0 Å². The third-order valence-corrected chi connectivity index (χ3v) is 4.69. The van der Waals surface area contributed by atoms with E-state index in [0.717, 1.165) is 25.9 Å². The second-order valence-corrected chi connectivity index (χ2v) is 6.57. The molecule has 5 heteroatoms. The van der Waals surface area contributed by atoms with Gasteiger partial charge >= 0.3 is 0 Å². The van der Waals surface area contributed by atoms with Crippen LogP contribution in [0.15, 0.2) is 28.7 Å². The normalized spacial score (nSPS) is 20.6. The van der Waals surface area contributed by atoms with Crippen LogP contribution in [0.25, 0.3) is 0 Å². The van der Waals surface area contributed by atoms with Gasteiger partial charge < -0.3 is 9.52 Å². The fourth-order valence-corrected chi connectivity index (χ4v) is 3.21. The summed E-state index contributed by atoms with van der Waals surface area (Å²) < 4.78 is 5.81. The minimum Gasteiger partial charge on any atom is -0.424 e. The van der Waals surface area contributed by atoms with Gasteiger partial charge in [-0.3, -0.25) is 4.90 Å². The third kappa shape index (κ3) is 4.18. The molecule has 1 aliphatic heterocycles. The lowest BCUT2D eigenvalue weighted by atomic mass is 9.93. The number of hydrogen-bond acceptors (Lipinski definition) is 5. The second kappa shape index (κ2) is 7.23. The van der Waals surface area contributed by atoms with E-state index >= 15 is 0 Å². The van der Waals surface area contributed by atoms with E-state index < -0.39 is 0 Å². The van der Waals surface area contributed by atoms with Crippen molar-refractivity contribution in [3.63, 3.8) is 0 Å². The lowest BCUT2D eigenvalue weighted by Crippen LogP contribution is -2.39. The van der Waals surface area contributed by atoms with Crippen LogP contribution in [0.5, 0.6) is 0 Å². The molecule has 1 aromatic heterocycles. The molecular formula is C18H25N3O2. The summed E-state index contributed by atoms with van der Waals surface area (Å²) in [4.78, 5) is 2.30. The van der Waals surface area contributed by atoms with E-state index in [-0.39, 0.29) is 6.10 Å². The highest BCUT2D eigenvalue weighted by Gasteiger charge is 2.24. The number of aromatic nitrogens is 2. The van der Waals surface area contributed by atoms with Gasteiger partial charge in [0.1, 0.15) is 0 Å². The molecule has 1 aromatic carbocycles. The van der Waals surface area contributed by atoms with E-state index in [4.69, 9.17) is 4.42 Å². The van der Waals surface area contributed by atoms with Gasteiger partial charge in [-0.05, 0) is 50.3 Å². The van der Waals surface area contributed by atoms with Gasteiger partial charge in [0.25, 0.3) is 0 Å². The number of aryl methyl sites for hydroxylation is 1. The number of benzene rings is 1. The molecule has 3 rings (SSSR count). The first-order chi connectivity index (χ1) is 11.1. The predicted octanol–water partition coefficient (Wildman–Crippen LogP) is 2.56. The number of likely N-dealkylation sites (tertiary alicyclic amines) is 1. The fourth-order valence-electron chi connectivity index (χ4n) is 3.21. The highest BCUT2D eigenvalue weighted by Crippen LogP contribution is 2.21. The SMILES string of the molecule is Cc1ccccc1Cc1nnc(CN2CCCC(C(C)O)C2)o1. The lowest BCUT2D eigenvalue weighted by Gasteiger charge is -2.33. The van der Waals surface area contributed by atoms with Crippen molar-refractivity contribution in [2.75, 3.05) is 13.1 Å². The van der Waals surface area contributed by atoms with Crippen LogP contribution in [0.4, 0.5) is 0 Å². The summed E-state index contributed by atoms with van der Waals surface area (Å²) in [6.45, 7) is 6.56. The number of rotatable bonds is 5. The highest BCUT2D eigenvalue weighted by molar-refractivity contribution is 5.27. The standard InChI is InChI=1S/C18H25N3O2/c1-13-6-3-4-7-15(13)10-17-19-20-18(23-17)12-21-9-5-8-16(11-21)14(2)22/h3-4,6-7,14,16,22H,5,8-12H2,1-2H3. The summed E-state index contributed by atoms with van der Waals surface area (Å²) in [6, 6.07) is 8.25. The first-order valence-corrected chi connectivity index (χ1v) is 8.38. The molecule has 23 heavy (non-hydrogen) atoms. The Labute approximate surface area is 137 Å². The van der Waals surface area contributed by atoms with Crippen molar-refractivity contribution in [1.29, 1.82) is 0 Å². The van der Waals surface area contributed by atoms with Gasteiger partial charge in [-0.2, -0.15) is 0 Å². The van der Waals surface area contributed by atoms with Crippen LogP contribution in [0.1, 0.15) is 42.7 Å². The minimum absolute atomic E-state index is 0.253. The van der Waals surface area contributed by atoms with E-state index in [9.17, 15) is 5.11 Å². The first-order valence-electron chi connectivity index (χ1n) is 8.38. The van der Waals surface area contributed by atoms with Gasteiger partial charge in [0.05, 0.1) is 19.1 Å². The van der Waals surface area contributed by atoms with Crippen molar-refractivity contribution < 1.29 is 9.52 Å².